The molecule has 4 nitrogen and oxygen atoms in total. The molecule has 1 saturated heterocycles. The summed E-state index contributed by atoms with van der Waals surface area (Å²) in [5.41, 5.74) is 5.90. The van der Waals surface area contributed by atoms with Crippen LogP contribution in [0.25, 0.3) is 0 Å². The molecule has 0 spiro atoms. The molecule has 0 radical (unpaired) electrons. The molecule has 1 aliphatic heterocycles. The molecular formula is C14H28N2O2. The number of ether oxygens (including phenoxy) is 1. The Labute approximate surface area is 111 Å². The van der Waals surface area contributed by atoms with Crippen LogP contribution in [-0.2, 0) is 9.53 Å². The minimum atomic E-state index is -0.105. The van der Waals surface area contributed by atoms with Gasteiger partial charge in [-0.3, -0.25) is 9.69 Å². The van der Waals surface area contributed by atoms with Crippen LogP contribution in [0.4, 0.5) is 0 Å². The van der Waals surface area contributed by atoms with Crippen LogP contribution in [0.2, 0.25) is 0 Å². The van der Waals surface area contributed by atoms with Crippen molar-refractivity contribution in [3.8, 4) is 0 Å². The summed E-state index contributed by atoms with van der Waals surface area (Å²) in [5.74, 6) is 0.490. The van der Waals surface area contributed by atoms with Crippen LogP contribution in [0, 0.1) is 5.92 Å². The molecular weight excluding hydrogens is 228 g/mol. The fraction of sp³-hybridized carbons (Fsp3) is 0.929. The molecule has 0 aromatic rings. The van der Waals surface area contributed by atoms with Gasteiger partial charge in [-0.15, -0.1) is 0 Å². The van der Waals surface area contributed by atoms with Gasteiger partial charge in [0.15, 0.2) is 0 Å². The van der Waals surface area contributed by atoms with Gasteiger partial charge in [0.1, 0.15) is 6.04 Å². The molecule has 0 amide bonds. The molecule has 3 atom stereocenters. The zero-order valence-electron chi connectivity index (χ0n) is 12.0. The smallest absolute Gasteiger partial charge is 0.323 e. The van der Waals surface area contributed by atoms with Crippen molar-refractivity contribution in [2.24, 2.45) is 11.7 Å². The Balaban J connectivity index is 2.78. The van der Waals surface area contributed by atoms with E-state index in [0.717, 1.165) is 25.8 Å². The van der Waals surface area contributed by atoms with E-state index in [1.165, 1.54) is 6.42 Å². The Morgan fingerprint density at radius 1 is 1.50 bits per heavy atom. The summed E-state index contributed by atoms with van der Waals surface area (Å²) in [5, 5.41) is 0. The number of esters is 1. The first-order valence-corrected chi connectivity index (χ1v) is 7.28. The van der Waals surface area contributed by atoms with Crippen LogP contribution < -0.4 is 5.73 Å². The molecule has 106 valence electrons. The molecule has 1 aliphatic rings. The molecule has 0 aromatic heterocycles. The van der Waals surface area contributed by atoms with Crippen molar-refractivity contribution in [2.45, 2.75) is 58.5 Å². The van der Waals surface area contributed by atoms with Crippen molar-refractivity contribution in [3.63, 3.8) is 0 Å². The predicted octanol–water partition coefficient (Wildman–Crippen LogP) is 1.78. The molecule has 18 heavy (non-hydrogen) atoms. The number of likely N-dealkylation sites (tertiary alicyclic amines) is 1. The second-order valence-electron chi connectivity index (χ2n) is 5.22. The number of hydrogen-bond donors (Lipinski definition) is 1. The zero-order chi connectivity index (χ0) is 13.5. The van der Waals surface area contributed by atoms with Gasteiger partial charge in [0.05, 0.1) is 6.61 Å². The zero-order valence-corrected chi connectivity index (χ0v) is 12.0. The van der Waals surface area contributed by atoms with Gasteiger partial charge in [-0.2, -0.15) is 0 Å². The number of piperidine rings is 1. The van der Waals surface area contributed by atoms with Gasteiger partial charge in [0.25, 0.3) is 0 Å². The number of hydrogen-bond acceptors (Lipinski definition) is 4. The minimum Gasteiger partial charge on any atom is -0.465 e. The average molecular weight is 256 g/mol. The van der Waals surface area contributed by atoms with Crippen LogP contribution >= 0.6 is 0 Å². The third-order valence-corrected chi connectivity index (χ3v) is 3.92. The maximum absolute atomic E-state index is 12.1. The van der Waals surface area contributed by atoms with Gasteiger partial charge < -0.3 is 10.5 Å². The normalized spacial score (nSPS) is 26.9. The number of carbonyl (C=O) groups excluding carboxylic acids is 1. The van der Waals surface area contributed by atoms with Crippen molar-refractivity contribution in [3.05, 3.63) is 0 Å². The fourth-order valence-electron chi connectivity index (χ4n) is 2.97. The summed E-state index contributed by atoms with van der Waals surface area (Å²) in [4.78, 5) is 14.4. The van der Waals surface area contributed by atoms with E-state index in [4.69, 9.17) is 10.5 Å². The molecule has 0 aromatic carbocycles. The molecule has 0 aliphatic carbocycles. The SMILES string of the molecule is CCCC(C(=O)OCC)N1CCCC(C)C1CN. The highest BCUT2D eigenvalue weighted by Gasteiger charge is 2.35. The first-order chi connectivity index (χ1) is 8.65. The molecule has 1 fully saturated rings. The van der Waals surface area contributed by atoms with Crippen LogP contribution in [0.5, 0.6) is 0 Å². The highest BCUT2D eigenvalue weighted by atomic mass is 16.5. The molecule has 1 heterocycles. The Kier molecular flexibility index (Phi) is 6.65. The van der Waals surface area contributed by atoms with E-state index >= 15 is 0 Å². The maximum atomic E-state index is 12.1. The van der Waals surface area contributed by atoms with Crippen molar-refractivity contribution in [1.29, 1.82) is 0 Å². The summed E-state index contributed by atoms with van der Waals surface area (Å²) in [6.45, 7) is 8.25. The van der Waals surface area contributed by atoms with Crippen molar-refractivity contribution in [1.82, 2.24) is 4.90 Å². The maximum Gasteiger partial charge on any atom is 0.323 e. The van der Waals surface area contributed by atoms with Crippen molar-refractivity contribution >= 4 is 5.97 Å². The quantitative estimate of drug-likeness (QED) is 0.736. The minimum absolute atomic E-state index is 0.0769. The van der Waals surface area contributed by atoms with Gasteiger partial charge >= 0.3 is 5.97 Å². The molecule has 2 N–H and O–H groups in total. The van der Waals surface area contributed by atoms with Crippen molar-refractivity contribution in [2.75, 3.05) is 19.7 Å². The summed E-state index contributed by atoms with van der Waals surface area (Å²) in [7, 11) is 0. The van der Waals surface area contributed by atoms with E-state index in [2.05, 4.69) is 18.7 Å². The second-order valence-corrected chi connectivity index (χ2v) is 5.22. The molecule has 4 heteroatoms. The topological polar surface area (TPSA) is 55.6 Å². The summed E-state index contributed by atoms with van der Waals surface area (Å²) < 4.78 is 5.22. The predicted molar refractivity (Wildman–Crippen MR) is 73.3 cm³/mol. The van der Waals surface area contributed by atoms with E-state index in [1.54, 1.807) is 0 Å². The lowest BCUT2D eigenvalue weighted by Crippen LogP contribution is -2.55. The van der Waals surface area contributed by atoms with Gasteiger partial charge in [0, 0.05) is 12.6 Å². The Morgan fingerprint density at radius 3 is 2.78 bits per heavy atom. The molecule has 0 bridgehead atoms. The van der Waals surface area contributed by atoms with Crippen LogP contribution in [0.15, 0.2) is 0 Å². The van der Waals surface area contributed by atoms with Crippen molar-refractivity contribution < 1.29 is 9.53 Å². The lowest BCUT2D eigenvalue weighted by molar-refractivity contribution is -0.152. The molecule has 3 unspecified atom stereocenters. The highest BCUT2D eigenvalue weighted by Crippen LogP contribution is 2.26. The summed E-state index contributed by atoms with van der Waals surface area (Å²) in [6.07, 6.45) is 4.21. The van der Waals surface area contributed by atoms with Gasteiger partial charge in [-0.1, -0.05) is 20.3 Å². The van der Waals surface area contributed by atoms with Gasteiger partial charge in [-0.05, 0) is 38.6 Å². The van der Waals surface area contributed by atoms with E-state index < -0.39 is 0 Å². The highest BCUT2D eigenvalue weighted by molar-refractivity contribution is 5.75. The van der Waals surface area contributed by atoms with E-state index in [1.807, 2.05) is 6.92 Å². The van der Waals surface area contributed by atoms with Gasteiger partial charge in [0.2, 0.25) is 0 Å². The molecule has 1 rings (SSSR count). The Morgan fingerprint density at radius 2 is 2.22 bits per heavy atom. The Hall–Kier alpha value is -0.610. The lowest BCUT2D eigenvalue weighted by atomic mass is 9.89. The third kappa shape index (κ3) is 3.69. The summed E-state index contributed by atoms with van der Waals surface area (Å²) in [6, 6.07) is 0.214. The van der Waals surface area contributed by atoms with Gasteiger partial charge in [-0.25, -0.2) is 0 Å². The number of carbonyl (C=O) groups is 1. The average Bonchev–Trinajstić information content (AvgIpc) is 2.36. The largest absolute Gasteiger partial charge is 0.465 e. The third-order valence-electron chi connectivity index (χ3n) is 3.92. The fourth-order valence-corrected chi connectivity index (χ4v) is 2.97. The first-order valence-electron chi connectivity index (χ1n) is 7.28. The monoisotopic (exact) mass is 256 g/mol. The Bertz CT molecular complexity index is 258. The molecule has 0 saturated carbocycles. The van der Waals surface area contributed by atoms with E-state index in [0.29, 0.717) is 25.1 Å². The van der Waals surface area contributed by atoms with E-state index in [9.17, 15) is 4.79 Å². The van der Waals surface area contributed by atoms with Crippen LogP contribution in [0.1, 0.15) is 46.5 Å². The number of rotatable bonds is 6. The second kappa shape index (κ2) is 7.74. The number of nitrogens with zero attached hydrogens (tertiary/aromatic N) is 1. The van der Waals surface area contributed by atoms with Crippen LogP contribution in [-0.4, -0.2) is 42.6 Å². The number of nitrogens with two attached hydrogens (primary N) is 1. The van der Waals surface area contributed by atoms with E-state index in [-0.39, 0.29) is 12.0 Å². The van der Waals surface area contributed by atoms with Crippen LogP contribution in [0.3, 0.4) is 0 Å². The standard InChI is InChI=1S/C14H28N2O2/c1-4-7-12(14(17)18-5-2)16-9-6-8-11(3)13(16)10-15/h11-13H,4-10,15H2,1-3H3. The first kappa shape index (κ1) is 15.4. The summed E-state index contributed by atoms with van der Waals surface area (Å²) >= 11 is 0. The lowest BCUT2D eigenvalue weighted by Gasteiger charge is -2.43.